The van der Waals surface area contributed by atoms with Crippen molar-refractivity contribution in [1.82, 2.24) is 25.3 Å². The molecule has 8 rings (SSSR count). The molecule has 8 heteroatoms. The number of likely N-dealkylation sites (tertiary alicyclic amines) is 1. The van der Waals surface area contributed by atoms with Crippen molar-refractivity contribution in [1.29, 1.82) is 0 Å². The maximum absolute atomic E-state index is 13.1. The number of carbonyl (C=O) groups excluding carboxylic acids is 2. The minimum Gasteiger partial charge on any atom is -0.357 e. The van der Waals surface area contributed by atoms with Crippen LogP contribution in [0.15, 0.2) is 11.6 Å². The van der Waals surface area contributed by atoms with Gasteiger partial charge in [-0.3, -0.25) is 19.8 Å². The highest BCUT2D eigenvalue weighted by Gasteiger charge is 2.68. The number of nitrogens with zero attached hydrogens (tertiary/aromatic N) is 3. The van der Waals surface area contributed by atoms with Gasteiger partial charge in [-0.25, -0.2) is 0 Å². The molecular formula is C40H65N5O3. The Hall–Kier alpha value is -1.48. The highest BCUT2D eigenvalue weighted by Crippen LogP contribution is 2.70. The van der Waals surface area contributed by atoms with Crippen LogP contribution in [0, 0.1) is 46.3 Å². The fourth-order valence-corrected chi connectivity index (χ4v) is 13.0. The molecule has 4 heterocycles. The number of piperazine rings is 1. The molecule has 48 heavy (non-hydrogen) atoms. The molecule has 0 bridgehead atoms. The standard InChI is InChI=1S/C40H65N5O3/c1-27-9-14-40(41-26-27)28(2)37-34(48-40)24-33-31-8-7-29-23-30(10-12-38(29,3)32(31)11-13-39(33,37)4)42-35(46)25-36(47)45-21-19-44(20-22-45)18-17-43-15-5-6-16-43/h7,27-28,30-34,37,41H,5-6,8-26H2,1-4H3,(H,42,46)/t27-,28+,30?,31-,32+,33+,34+,37+,38+,39+,40-/m1/s1. The van der Waals surface area contributed by atoms with Gasteiger partial charge in [-0.15, -0.1) is 0 Å². The van der Waals surface area contributed by atoms with Crippen LogP contribution in [-0.2, 0) is 14.3 Å². The molecule has 3 saturated carbocycles. The molecule has 11 atom stereocenters. The second kappa shape index (κ2) is 12.9. The predicted octanol–water partition coefficient (Wildman–Crippen LogP) is 5.04. The Kier molecular flexibility index (Phi) is 9.07. The van der Waals surface area contributed by atoms with Crippen molar-refractivity contribution in [3.8, 4) is 0 Å². The number of hydrogen-bond donors (Lipinski definition) is 2. The van der Waals surface area contributed by atoms with Crippen LogP contribution in [0.25, 0.3) is 0 Å². The summed E-state index contributed by atoms with van der Waals surface area (Å²) >= 11 is 0. The molecule has 4 saturated heterocycles. The van der Waals surface area contributed by atoms with E-state index in [9.17, 15) is 9.59 Å². The Morgan fingerprint density at radius 3 is 2.42 bits per heavy atom. The summed E-state index contributed by atoms with van der Waals surface area (Å²) in [6.07, 6.45) is 16.3. The maximum atomic E-state index is 13.1. The molecule has 8 nitrogen and oxygen atoms in total. The zero-order valence-corrected chi connectivity index (χ0v) is 30.6. The second-order valence-corrected chi connectivity index (χ2v) is 18.4. The Labute approximate surface area is 290 Å². The molecule has 0 aromatic heterocycles. The van der Waals surface area contributed by atoms with Gasteiger partial charge in [-0.2, -0.15) is 0 Å². The number of carbonyl (C=O) groups is 2. The van der Waals surface area contributed by atoms with Crippen molar-refractivity contribution in [2.24, 2.45) is 46.3 Å². The Morgan fingerprint density at radius 2 is 1.69 bits per heavy atom. The number of amides is 2. The molecule has 0 radical (unpaired) electrons. The van der Waals surface area contributed by atoms with Gasteiger partial charge in [-0.05, 0) is 124 Å². The van der Waals surface area contributed by atoms with E-state index in [-0.39, 0.29) is 35.4 Å². The fraction of sp³-hybridized carbons (Fsp3) is 0.900. The SMILES string of the molecule is C[C@@H]1CC[C@@]2(NC1)O[C@H]1C[C@H]3[C@@H]4CC=C5CC(NC(=O)CC(=O)N6CCN(CCN7CCCC7)CC6)CC[C@]5(C)[C@H]4CC[C@]3(C)[C@H]1[C@@H]2C. The first-order valence-corrected chi connectivity index (χ1v) is 20.2. The van der Waals surface area contributed by atoms with Crippen molar-refractivity contribution < 1.29 is 14.3 Å². The summed E-state index contributed by atoms with van der Waals surface area (Å²) in [7, 11) is 0. The second-order valence-electron chi connectivity index (χ2n) is 18.4. The van der Waals surface area contributed by atoms with E-state index in [1.54, 1.807) is 5.57 Å². The van der Waals surface area contributed by atoms with E-state index in [1.165, 1.54) is 64.5 Å². The lowest BCUT2D eigenvalue weighted by Gasteiger charge is -2.58. The fourth-order valence-electron chi connectivity index (χ4n) is 13.0. The minimum atomic E-state index is -0.0898. The molecule has 8 aliphatic rings. The summed E-state index contributed by atoms with van der Waals surface area (Å²) in [5.41, 5.74) is 2.11. The molecule has 2 N–H and O–H groups in total. The summed E-state index contributed by atoms with van der Waals surface area (Å²) in [6, 6.07) is 0.152. The topological polar surface area (TPSA) is 77.1 Å². The van der Waals surface area contributed by atoms with Crippen LogP contribution < -0.4 is 10.6 Å². The first-order chi connectivity index (χ1) is 23.1. The van der Waals surface area contributed by atoms with E-state index in [1.807, 2.05) is 4.90 Å². The third kappa shape index (κ3) is 5.81. The van der Waals surface area contributed by atoms with Gasteiger partial charge in [0.05, 0.1) is 6.10 Å². The van der Waals surface area contributed by atoms with Crippen LogP contribution in [0.3, 0.4) is 0 Å². The van der Waals surface area contributed by atoms with E-state index in [4.69, 9.17) is 4.74 Å². The van der Waals surface area contributed by atoms with E-state index >= 15 is 0 Å². The summed E-state index contributed by atoms with van der Waals surface area (Å²) in [6.45, 7) is 19.2. The summed E-state index contributed by atoms with van der Waals surface area (Å²) in [5, 5.41) is 7.22. The van der Waals surface area contributed by atoms with Gasteiger partial charge in [0.25, 0.3) is 0 Å². The van der Waals surface area contributed by atoms with Gasteiger partial charge in [0, 0.05) is 57.8 Å². The predicted molar refractivity (Wildman–Crippen MR) is 189 cm³/mol. The maximum Gasteiger partial charge on any atom is 0.232 e. The molecule has 7 fully saturated rings. The molecule has 2 amide bonds. The number of allylic oxidation sites excluding steroid dienone is 1. The summed E-state index contributed by atoms with van der Waals surface area (Å²) in [5.74, 6) is 4.14. The largest absolute Gasteiger partial charge is 0.357 e. The summed E-state index contributed by atoms with van der Waals surface area (Å²) < 4.78 is 7.09. The first-order valence-electron chi connectivity index (χ1n) is 20.2. The van der Waals surface area contributed by atoms with E-state index in [2.05, 4.69) is 54.2 Å². The first kappa shape index (κ1) is 33.7. The van der Waals surface area contributed by atoms with Gasteiger partial charge in [0.1, 0.15) is 12.1 Å². The lowest BCUT2D eigenvalue weighted by atomic mass is 9.46. The van der Waals surface area contributed by atoms with Crippen molar-refractivity contribution in [2.75, 3.05) is 58.9 Å². The molecule has 1 unspecified atom stereocenters. The number of ether oxygens (including phenoxy) is 1. The normalized spacial score (nSPS) is 46.1. The van der Waals surface area contributed by atoms with Crippen LogP contribution in [0.5, 0.6) is 0 Å². The average molecular weight is 664 g/mol. The van der Waals surface area contributed by atoms with Crippen molar-refractivity contribution in [2.45, 2.75) is 123 Å². The van der Waals surface area contributed by atoms with Crippen LogP contribution in [0.1, 0.15) is 105 Å². The Bertz CT molecular complexity index is 1250. The van der Waals surface area contributed by atoms with E-state index in [0.29, 0.717) is 23.4 Å². The number of hydrogen-bond acceptors (Lipinski definition) is 6. The number of fused-ring (bicyclic) bond motifs is 7. The lowest BCUT2D eigenvalue weighted by Crippen LogP contribution is -2.57. The van der Waals surface area contributed by atoms with Crippen LogP contribution in [0.2, 0.25) is 0 Å². The van der Waals surface area contributed by atoms with E-state index < -0.39 is 0 Å². The molecule has 0 aromatic carbocycles. The molecule has 1 spiro atoms. The molecule has 268 valence electrons. The smallest absolute Gasteiger partial charge is 0.232 e. The van der Waals surface area contributed by atoms with Crippen molar-refractivity contribution >= 4 is 11.8 Å². The highest BCUT2D eigenvalue weighted by molar-refractivity contribution is 5.97. The number of rotatable bonds is 6. The minimum absolute atomic E-state index is 0.00306. The van der Waals surface area contributed by atoms with Gasteiger partial charge in [-0.1, -0.05) is 39.3 Å². The number of piperidine rings is 1. The van der Waals surface area contributed by atoms with Crippen molar-refractivity contribution in [3.63, 3.8) is 0 Å². The Balaban J connectivity index is 0.838. The molecule has 4 aliphatic carbocycles. The summed E-state index contributed by atoms with van der Waals surface area (Å²) in [4.78, 5) is 33.2. The van der Waals surface area contributed by atoms with Gasteiger partial charge >= 0.3 is 0 Å². The molecule has 4 aliphatic heterocycles. The third-order valence-corrected chi connectivity index (χ3v) is 15.9. The highest BCUT2D eigenvalue weighted by atomic mass is 16.5. The van der Waals surface area contributed by atoms with E-state index in [0.717, 1.165) is 88.7 Å². The van der Waals surface area contributed by atoms with Crippen LogP contribution >= 0.6 is 0 Å². The monoisotopic (exact) mass is 664 g/mol. The quantitative estimate of drug-likeness (QED) is 0.307. The molecular weight excluding hydrogens is 598 g/mol. The Morgan fingerprint density at radius 1 is 0.938 bits per heavy atom. The number of nitrogens with one attached hydrogen (secondary N) is 2. The van der Waals surface area contributed by atoms with Crippen LogP contribution in [-0.4, -0.2) is 103 Å². The third-order valence-electron chi connectivity index (χ3n) is 15.9. The lowest BCUT2D eigenvalue weighted by molar-refractivity contribution is -0.137. The van der Waals surface area contributed by atoms with Gasteiger partial charge < -0.3 is 19.9 Å². The molecule has 0 aromatic rings. The average Bonchev–Trinajstić information content (AvgIpc) is 3.77. The van der Waals surface area contributed by atoms with Gasteiger partial charge in [0.15, 0.2) is 0 Å². The zero-order chi connectivity index (χ0) is 33.3. The van der Waals surface area contributed by atoms with Gasteiger partial charge in [0.2, 0.25) is 11.8 Å². The zero-order valence-electron chi connectivity index (χ0n) is 30.6. The van der Waals surface area contributed by atoms with Crippen molar-refractivity contribution in [3.05, 3.63) is 11.6 Å². The van der Waals surface area contributed by atoms with Crippen LogP contribution in [0.4, 0.5) is 0 Å².